The van der Waals surface area contributed by atoms with Crippen molar-refractivity contribution in [2.24, 2.45) is 0 Å². The number of nitrogens with zero attached hydrogens (tertiary/aromatic N) is 4. The van der Waals surface area contributed by atoms with Gasteiger partial charge >= 0.3 is 0 Å². The summed E-state index contributed by atoms with van der Waals surface area (Å²) >= 11 is 1.92. The summed E-state index contributed by atoms with van der Waals surface area (Å²) in [6.07, 6.45) is 5.00. The van der Waals surface area contributed by atoms with E-state index in [1.165, 1.54) is 0 Å². The fraction of sp³-hybridized carbons (Fsp3) is 0.769. The largest absolute Gasteiger partial charge is 0.336 e. The fourth-order valence-electron chi connectivity index (χ4n) is 2.74. The smallest absolute Gasteiger partial charge is 0.276 e. The van der Waals surface area contributed by atoms with Crippen LogP contribution < -0.4 is 5.32 Å². The number of rotatable bonds is 2. The first kappa shape index (κ1) is 13.9. The molecule has 0 radical (unpaired) electrons. The second-order valence-electron chi connectivity index (χ2n) is 5.32. The van der Waals surface area contributed by atoms with E-state index in [4.69, 9.17) is 0 Å². The summed E-state index contributed by atoms with van der Waals surface area (Å²) in [5, 5.41) is 11.6. The van der Waals surface area contributed by atoms with Crippen LogP contribution >= 0.6 is 11.8 Å². The van der Waals surface area contributed by atoms with Gasteiger partial charge in [-0.1, -0.05) is 5.21 Å². The van der Waals surface area contributed by atoms with Gasteiger partial charge in [-0.05, 0) is 38.1 Å². The van der Waals surface area contributed by atoms with E-state index >= 15 is 0 Å². The van der Waals surface area contributed by atoms with Crippen molar-refractivity contribution in [2.45, 2.75) is 25.3 Å². The van der Waals surface area contributed by atoms with Crippen molar-refractivity contribution in [1.82, 2.24) is 25.2 Å². The Balaban J connectivity index is 1.67. The molecule has 1 aromatic heterocycles. The highest BCUT2D eigenvalue weighted by atomic mass is 32.2. The minimum absolute atomic E-state index is 0.0349. The van der Waals surface area contributed by atoms with E-state index in [0.717, 1.165) is 56.9 Å². The molecule has 0 saturated carbocycles. The number of piperidine rings is 1. The van der Waals surface area contributed by atoms with Crippen LogP contribution in [0, 0.1) is 0 Å². The maximum absolute atomic E-state index is 12.4. The topological polar surface area (TPSA) is 63.1 Å². The van der Waals surface area contributed by atoms with E-state index in [9.17, 15) is 4.79 Å². The van der Waals surface area contributed by atoms with Crippen molar-refractivity contribution in [3.8, 4) is 0 Å². The van der Waals surface area contributed by atoms with Gasteiger partial charge in [0.05, 0.1) is 12.2 Å². The van der Waals surface area contributed by atoms with Crippen LogP contribution in [-0.4, -0.2) is 63.5 Å². The van der Waals surface area contributed by atoms with E-state index in [-0.39, 0.29) is 5.91 Å². The molecule has 0 aliphatic carbocycles. The van der Waals surface area contributed by atoms with E-state index in [1.54, 1.807) is 0 Å². The SMILES string of the molecule is O=C(c1cn(C2CCNCC2)nn1)N1CCCSCC1. The monoisotopic (exact) mass is 295 g/mol. The first-order valence-corrected chi connectivity index (χ1v) is 8.49. The molecule has 0 atom stereocenters. The second-order valence-corrected chi connectivity index (χ2v) is 6.55. The molecule has 1 aromatic rings. The van der Waals surface area contributed by atoms with Crippen molar-refractivity contribution >= 4 is 17.7 Å². The Morgan fingerprint density at radius 1 is 1.30 bits per heavy atom. The van der Waals surface area contributed by atoms with Gasteiger partial charge < -0.3 is 10.2 Å². The highest BCUT2D eigenvalue weighted by Crippen LogP contribution is 2.18. The predicted molar refractivity (Wildman–Crippen MR) is 79.0 cm³/mol. The van der Waals surface area contributed by atoms with Gasteiger partial charge in [-0.25, -0.2) is 4.68 Å². The number of hydrogen-bond acceptors (Lipinski definition) is 5. The van der Waals surface area contributed by atoms with Gasteiger partial charge in [-0.3, -0.25) is 4.79 Å². The molecule has 0 bridgehead atoms. The van der Waals surface area contributed by atoms with Crippen LogP contribution in [0.5, 0.6) is 0 Å². The van der Waals surface area contributed by atoms with Crippen LogP contribution in [0.25, 0.3) is 0 Å². The van der Waals surface area contributed by atoms with Gasteiger partial charge in [-0.15, -0.1) is 5.10 Å². The zero-order chi connectivity index (χ0) is 13.8. The molecule has 2 saturated heterocycles. The molecular formula is C13H21N5OS. The summed E-state index contributed by atoms with van der Waals surface area (Å²) in [7, 11) is 0. The molecule has 0 aromatic carbocycles. The standard InChI is InChI=1S/C13H21N5OS/c19-13(17-6-1-8-20-9-7-17)12-10-18(16-15-12)11-2-4-14-5-3-11/h10-11,14H,1-9H2. The molecule has 20 heavy (non-hydrogen) atoms. The zero-order valence-corrected chi connectivity index (χ0v) is 12.4. The molecule has 6 nitrogen and oxygen atoms in total. The summed E-state index contributed by atoms with van der Waals surface area (Å²) in [5.74, 6) is 2.20. The van der Waals surface area contributed by atoms with Gasteiger partial charge in [0.2, 0.25) is 0 Å². The Kier molecular flexibility index (Phi) is 4.57. The molecule has 0 spiro atoms. The molecule has 2 aliphatic heterocycles. The number of carbonyl (C=O) groups is 1. The summed E-state index contributed by atoms with van der Waals surface area (Å²) in [5.41, 5.74) is 0.496. The Labute approximate surface area is 123 Å². The van der Waals surface area contributed by atoms with Crippen LogP contribution in [0.2, 0.25) is 0 Å². The number of amides is 1. The summed E-state index contributed by atoms with van der Waals surface area (Å²) in [6, 6.07) is 0.380. The molecule has 2 fully saturated rings. The summed E-state index contributed by atoms with van der Waals surface area (Å²) in [6.45, 7) is 3.68. The third-order valence-electron chi connectivity index (χ3n) is 3.92. The number of thioether (sulfide) groups is 1. The average Bonchev–Trinajstić information content (AvgIpc) is 2.83. The third-order valence-corrected chi connectivity index (χ3v) is 4.97. The van der Waals surface area contributed by atoms with E-state index in [0.29, 0.717) is 11.7 Å². The molecular weight excluding hydrogens is 274 g/mol. The summed E-state index contributed by atoms with van der Waals surface area (Å²) < 4.78 is 1.88. The lowest BCUT2D eigenvalue weighted by atomic mass is 10.1. The molecule has 1 N–H and O–H groups in total. The lowest BCUT2D eigenvalue weighted by Crippen LogP contribution is -2.33. The van der Waals surface area contributed by atoms with E-state index < -0.39 is 0 Å². The number of carbonyl (C=O) groups excluding carboxylic acids is 1. The van der Waals surface area contributed by atoms with Gasteiger partial charge in [0.15, 0.2) is 5.69 Å². The normalized spacial score (nSPS) is 21.7. The van der Waals surface area contributed by atoms with E-state index in [1.807, 2.05) is 27.5 Å². The van der Waals surface area contributed by atoms with Gasteiger partial charge in [-0.2, -0.15) is 11.8 Å². The van der Waals surface area contributed by atoms with Crippen LogP contribution in [0.1, 0.15) is 35.8 Å². The van der Waals surface area contributed by atoms with Crippen molar-refractivity contribution in [1.29, 1.82) is 0 Å². The molecule has 1 amide bonds. The van der Waals surface area contributed by atoms with Crippen LogP contribution in [0.4, 0.5) is 0 Å². The Morgan fingerprint density at radius 2 is 2.15 bits per heavy atom. The van der Waals surface area contributed by atoms with Gasteiger partial charge in [0.1, 0.15) is 0 Å². The molecule has 7 heteroatoms. The first-order chi connectivity index (χ1) is 9.84. The minimum Gasteiger partial charge on any atom is -0.336 e. The Morgan fingerprint density at radius 3 is 3.00 bits per heavy atom. The van der Waals surface area contributed by atoms with Crippen molar-refractivity contribution in [3.63, 3.8) is 0 Å². The van der Waals surface area contributed by atoms with Crippen molar-refractivity contribution < 1.29 is 4.79 Å². The second kappa shape index (κ2) is 6.58. The molecule has 0 unspecified atom stereocenters. The third kappa shape index (κ3) is 3.15. The quantitative estimate of drug-likeness (QED) is 0.873. The predicted octanol–water partition coefficient (Wildman–Crippen LogP) is 0.782. The van der Waals surface area contributed by atoms with Crippen LogP contribution in [0.3, 0.4) is 0 Å². The Bertz CT molecular complexity index is 449. The fourth-order valence-corrected chi connectivity index (χ4v) is 3.62. The molecule has 3 heterocycles. The lowest BCUT2D eigenvalue weighted by Gasteiger charge is -2.22. The first-order valence-electron chi connectivity index (χ1n) is 7.34. The number of nitrogens with one attached hydrogen (secondary N) is 1. The number of hydrogen-bond donors (Lipinski definition) is 1. The maximum atomic E-state index is 12.4. The van der Waals surface area contributed by atoms with Crippen molar-refractivity contribution in [3.05, 3.63) is 11.9 Å². The summed E-state index contributed by atoms with van der Waals surface area (Å²) in [4.78, 5) is 14.4. The Hall–Kier alpha value is -1.08. The lowest BCUT2D eigenvalue weighted by molar-refractivity contribution is 0.0762. The number of aromatic nitrogens is 3. The molecule has 3 rings (SSSR count). The highest BCUT2D eigenvalue weighted by molar-refractivity contribution is 7.99. The highest BCUT2D eigenvalue weighted by Gasteiger charge is 2.22. The maximum Gasteiger partial charge on any atom is 0.276 e. The molecule has 110 valence electrons. The average molecular weight is 295 g/mol. The van der Waals surface area contributed by atoms with Crippen LogP contribution in [-0.2, 0) is 0 Å². The zero-order valence-electron chi connectivity index (χ0n) is 11.6. The van der Waals surface area contributed by atoms with Crippen molar-refractivity contribution in [2.75, 3.05) is 37.7 Å². The van der Waals surface area contributed by atoms with Crippen LogP contribution in [0.15, 0.2) is 6.20 Å². The minimum atomic E-state index is 0.0349. The van der Waals surface area contributed by atoms with Gasteiger partial charge in [0.25, 0.3) is 5.91 Å². The van der Waals surface area contributed by atoms with E-state index in [2.05, 4.69) is 15.6 Å². The molecule has 2 aliphatic rings. The van der Waals surface area contributed by atoms with Gasteiger partial charge in [0, 0.05) is 18.8 Å².